The molecule has 1 N–H and O–H groups in total. The Labute approximate surface area is 77.2 Å². The molecule has 3 nitrogen and oxygen atoms in total. The van der Waals surface area contributed by atoms with Crippen molar-refractivity contribution in [3.63, 3.8) is 0 Å². The maximum absolute atomic E-state index is 4.28. The Balaban J connectivity index is 2.37. The molecule has 2 heterocycles. The van der Waals surface area contributed by atoms with E-state index in [9.17, 15) is 0 Å². The van der Waals surface area contributed by atoms with Gasteiger partial charge >= 0.3 is 0 Å². The highest BCUT2D eigenvalue weighted by molar-refractivity contribution is 5.73. The molecule has 2 rings (SSSR count). The van der Waals surface area contributed by atoms with Crippen molar-refractivity contribution in [2.75, 3.05) is 0 Å². The molecule has 0 aliphatic heterocycles. The second-order valence-electron chi connectivity index (χ2n) is 3.75. The summed E-state index contributed by atoms with van der Waals surface area (Å²) in [7, 11) is 0. The van der Waals surface area contributed by atoms with Gasteiger partial charge in [-0.2, -0.15) is 5.10 Å². The van der Waals surface area contributed by atoms with Crippen molar-refractivity contribution in [1.82, 2.24) is 15.2 Å². The lowest BCUT2D eigenvalue weighted by Crippen LogP contribution is -1.94. The first-order chi connectivity index (χ1) is 6.25. The molecule has 68 valence electrons. The summed E-state index contributed by atoms with van der Waals surface area (Å²) < 4.78 is 0. The Morgan fingerprint density at radius 3 is 3.00 bits per heavy atom. The van der Waals surface area contributed by atoms with Gasteiger partial charge in [0, 0.05) is 11.6 Å². The van der Waals surface area contributed by atoms with E-state index in [1.807, 2.05) is 12.4 Å². The molecule has 0 aromatic carbocycles. The summed E-state index contributed by atoms with van der Waals surface area (Å²) in [6.07, 6.45) is 4.81. The molecule has 0 unspecified atom stereocenters. The van der Waals surface area contributed by atoms with Crippen molar-refractivity contribution in [2.24, 2.45) is 5.92 Å². The number of aromatic nitrogens is 3. The number of aromatic amines is 1. The van der Waals surface area contributed by atoms with E-state index < -0.39 is 0 Å². The van der Waals surface area contributed by atoms with E-state index in [2.05, 4.69) is 35.1 Å². The zero-order chi connectivity index (χ0) is 9.26. The minimum absolute atomic E-state index is 0.672. The average Bonchev–Trinajstić information content (AvgIpc) is 2.49. The summed E-state index contributed by atoms with van der Waals surface area (Å²) in [4.78, 5) is 4.28. The van der Waals surface area contributed by atoms with Crippen LogP contribution in [0.5, 0.6) is 0 Å². The summed E-state index contributed by atoms with van der Waals surface area (Å²) in [5.41, 5.74) is 2.15. The maximum atomic E-state index is 4.28. The highest BCUT2D eigenvalue weighted by Gasteiger charge is 2.01. The topological polar surface area (TPSA) is 41.6 Å². The van der Waals surface area contributed by atoms with E-state index in [-0.39, 0.29) is 0 Å². The van der Waals surface area contributed by atoms with Gasteiger partial charge in [0.1, 0.15) is 0 Å². The number of rotatable bonds is 2. The lowest BCUT2D eigenvalue weighted by atomic mass is 10.0. The zero-order valence-corrected chi connectivity index (χ0v) is 7.91. The van der Waals surface area contributed by atoms with Crippen LogP contribution in [0.15, 0.2) is 18.5 Å². The third-order valence-corrected chi connectivity index (χ3v) is 1.99. The van der Waals surface area contributed by atoms with E-state index >= 15 is 0 Å². The number of fused-ring (bicyclic) bond motifs is 1. The third kappa shape index (κ3) is 1.69. The fourth-order valence-corrected chi connectivity index (χ4v) is 1.47. The molecule has 2 aromatic rings. The molecule has 0 atom stereocenters. The van der Waals surface area contributed by atoms with Crippen LogP contribution in [0, 0.1) is 5.92 Å². The fraction of sp³-hybridized carbons (Fsp3) is 0.400. The average molecular weight is 175 g/mol. The molecule has 3 heteroatoms. The van der Waals surface area contributed by atoms with Gasteiger partial charge in [-0.1, -0.05) is 13.8 Å². The van der Waals surface area contributed by atoms with Crippen LogP contribution in [0.4, 0.5) is 0 Å². The van der Waals surface area contributed by atoms with E-state index in [1.54, 1.807) is 0 Å². The van der Waals surface area contributed by atoms with Gasteiger partial charge in [-0.15, -0.1) is 0 Å². The fourth-order valence-electron chi connectivity index (χ4n) is 1.47. The van der Waals surface area contributed by atoms with Crippen molar-refractivity contribution >= 4 is 11.0 Å². The summed E-state index contributed by atoms with van der Waals surface area (Å²) in [6, 6.07) is 2.14. The summed E-state index contributed by atoms with van der Waals surface area (Å²) >= 11 is 0. The van der Waals surface area contributed by atoms with Gasteiger partial charge < -0.3 is 0 Å². The summed E-state index contributed by atoms with van der Waals surface area (Å²) in [6.45, 7) is 4.42. The zero-order valence-electron chi connectivity index (χ0n) is 7.91. The summed E-state index contributed by atoms with van der Waals surface area (Å²) in [5.74, 6) is 0.672. The van der Waals surface area contributed by atoms with Crippen molar-refractivity contribution in [3.05, 3.63) is 24.0 Å². The van der Waals surface area contributed by atoms with Crippen molar-refractivity contribution in [1.29, 1.82) is 0 Å². The van der Waals surface area contributed by atoms with Crippen LogP contribution in [0.2, 0.25) is 0 Å². The van der Waals surface area contributed by atoms with Crippen LogP contribution >= 0.6 is 0 Å². The van der Waals surface area contributed by atoms with Gasteiger partial charge in [-0.3, -0.25) is 5.10 Å². The van der Waals surface area contributed by atoms with Crippen molar-refractivity contribution < 1.29 is 0 Å². The molecule has 0 aliphatic rings. The molecule has 0 saturated heterocycles. The normalized spacial score (nSPS) is 11.3. The standard InChI is InChI=1S/C10H13N3/c1-7(2)3-8-4-9-6-12-13-10(9)11-5-8/h4-7H,3H2,1-2H3,(H,11,12,13). The van der Waals surface area contributed by atoms with Crippen LogP contribution in [-0.4, -0.2) is 15.2 Å². The molecule has 0 bridgehead atoms. The van der Waals surface area contributed by atoms with Gasteiger partial charge in [0.15, 0.2) is 5.65 Å². The monoisotopic (exact) mass is 175 g/mol. The van der Waals surface area contributed by atoms with Gasteiger partial charge in [-0.25, -0.2) is 4.98 Å². The van der Waals surface area contributed by atoms with Crippen LogP contribution in [-0.2, 0) is 6.42 Å². The Morgan fingerprint density at radius 2 is 2.23 bits per heavy atom. The second kappa shape index (κ2) is 3.17. The molecule has 0 amide bonds. The molecule has 0 radical (unpaired) electrons. The van der Waals surface area contributed by atoms with Crippen LogP contribution < -0.4 is 0 Å². The maximum Gasteiger partial charge on any atom is 0.155 e. The molecule has 2 aromatic heterocycles. The first-order valence-electron chi connectivity index (χ1n) is 4.53. The first kappa shape index (κ1) is 8.23. The van der Waals surface area contributed by atoms with Gasteiger partial charge in [0.2, 0.25) is 0 Å². The second-order valence-corrected chi connectivity index (χ2v) is 3.75. The highest BCUT2D eigenvalue weighted by Crippen LogP contribution is 2.12. The molecular formula is C10H13N3. The number of hydrogen-bond acceptors (Lipinski definition) is 2. The Bertz CT molecular complexity index is 403. The van der Waals surface area contributed by atoms with Crippen LogP contribution in [0.25, 0.3) is 11.0 Å². The van der Waals surface area contributed by atoms with E-state index in [0.717, 1.165) is 17.5 Å². The number of nitrogens with one attached hydrogen (secondary N) is 1. The predicted molar refractivity (Wildman–Crippen MR) is 52.4 cm³/mol. The van der Waals surface area contributed by atoms with E-state index in [1.165, 1.54) is 5.56 Å². The molecule has 0 saturated carbocycles. The summed E-state index contributed by atoms with van der Waals surface area (Å²) in [5, 5.41) is 7.87. The third-order valence-electron chi connectivity index (χ3n) is 1.99. The molecule has 0 aliphatic carbocycles. The number of pyridine rings is 1. The highest BCUT2D eigenvalue weighted by atomic mass is 15.1. The van der Waals surface area contributed by atoms with Gasteiger partial charge in [0.25, 0.3) is 0 Å². The molecule has 0 spiro atoms. The Hall–Kier alpha value is -1.38. The SMILES string of the molecule is CC(C)Cc1cnc2[nH]ncc2c1. The minimum Gasteiger partial charge on any atom is -0.261 e. The molecule has 13 heavy (non-hydrogen) atoms. The molecule has 0 fully saturated rings. The van der Waals surface area contributed by atoms with Crippen LogP contribution in [0.3, 0.4) is 0 Å². The predicted octanol–water partition coefficient (Wildman–Crippen LogP) is 2.16. The van der Waals surface area contributed by atoms with Gasteiger partial charge in [-0.05, 0) is 24.0 Å². The number of hydrogen-bond donors (Lipinski definition) is 1. The van der Waals surface area contributed by atoms with E-state index in [0.29, 0.717) is 5.92 Å². The van der Waals surface area contributed by atoms with E-state index in [4.69, 9.17) is 0 Å². The Kier molecular flexibility index (Phi) is 2.00. The van der Waals surface area contributed by atoms with Crippen molar-refractivity contribution in [2.45, 2.75) is 20.3 Å². The molecular weight excluding hydrogens is 162 g/mol. The minimum atomic E-state index is 0.672. The smallest absolute Gasteiger partial charge is 0.155 e. The van der Waals surface area contributed by atoms with Crippen molar-refractivity contribution in [3.8, 4) is 0 Å². The first-order valence-corrected chi connectivity index (χ1v) is 4.53. The largest absolute Gasteiger partial charge is 0.261 e. The van der Waals surface area contributed by atoms with Gasteiger partial charge in [0.05, 0.1) is 6.20 Å². The lowest BCUT2D eigenvalue weighted by Gasteiger charge is -2.03. The van der Waals surface area contributed by atoms with Crippen LogP contribution in [0.1, 0.15) is 19.4 Å². The lowest BCUT2D eigenvalue weighted by molar-refractivity contribution is 0.646. The number of H-pyrrole nitrogens is 1. The Morgan fingerprint density at radius 1 is 1.38 bits per heavy atom. The quantitative estimate of drug-likeness (QED) is 0.759. The number of nitrogens with zero attached hydrogens (tertiary/aromatic N) is 2.